The number of alkyl halides is 3. The zero-order valence-corrected chi connectivity index (χ0v) is 26.6. The Morgan fingerprint density at radius 2 is 1.35 bits per heavy atom. The van der Waals surface area contributed by atoms with Crippen molar-refractivity contribution in [1.82, 2.24) is 9.80 Å². The van der Waals surface area contributed by atoms with Gasteiger partial charge in [0, 0.05) is 12.1 Å². The number of hydrogen-bond acceptors (Lipinski definition) is 9. The molecule has 11 nitrogen and oxygen atoms in total. The monoisotopic (exact) mass is 676 g/mol. The molecule has 0 radical (unpaired) electrons. The molecular formula is C34H39F3N2O9. The van der Waals surface area contributed by atoms with Gasteiger partial charge in [-0.05, 0) is 92.2 Å². The van der Waals surface area contributed by atoms with Crippen LogP contribution in [-0.4, -0.2) is 102 Å². The number of methoxy groups -OCH3 is 2. The van der Waals surface area contributed by atoms with Crippen LogP contribution in [0.25, 0.3) is 0 Å². The van der Waals surface area contributed by atoms with Gasteiger partial charge in [-0.15, -0.1) is 0 Å². The zero-order chi connectivity index (χ0) is 35.3. The number of carboxylic acids is 1. The van der Waals surface area contributed by atoms with Crippen molar-refractivity contribution in [3.8, 4) is 23.0 Å². The number of rotatable bonds is 14. The number of hydrogen-bond donors (Lipinski definition) is 3. The number of aliphatic hydroxyl groups is 1. The van der Waals surface area contributed by atoms with Gasteiger partial charge in [-0.1, -0.05) is 12.1 Å². The van der Waals surface area contributed by atoms with E-state index in [0.717, 1.165) is 25.9 Å². The maximum atomic E-state index is 13.8. The lowest BCUT2D eigenvalue weighted by molar-refractivity contribution is -0.192. The molecule has 3 N–H and O–H groups in total. The Labute approximate surface area is 276 Å². The topological polar surface area (TPSA) is 146 Å². The molecule has 1 fully saturated rings. The predicted octanol–water partition coefficient (Wildman–Crippen LogP) is 4.72. The van der Waals surface area contributed by atoms with E-state index in [9.17, 15) is 33.0 Å². The van der Waals surface area contributed by atoms with E-state index in [1.54, 1.807) is 74.9 Å². The second-order valence-electron chi connectivity index (χ2n) is 10.9. The minimum Gasteiger partial charge on any atom is -0.508 e. The molecule has 260 valence electrons. The average molecular weight is 677 g/mol. The van der Waals surface area contributed by atoms with E-state index < -0.39 is 24.3 Å². The first-order valence-corrected chi connectivity index (χ1v) is 15.1. The summed E-state index contributed by atoms with van der Waals surface area (Å²) >= 11 is 0. The van der Waals surface area contributed by atoms with Gasteiger partial charge in [-0.25, -0.2) is 4.79 Å². The summed E-state index contributed by atoms with van der Waals surface area (Å²) in [6.07, 6.45) is -4.07. The minimum absolute atomic E-state index is 0.0146. The lowest BCUT2D eigenvalue weighted by atomic mass is 9.98. The molecule has 1 aliphatic rings. The molecule has 1 aliphatic heterocycles. The van der Waals surface area contributed by atoms with E-state index in [1.165, 1.54) is 17.0 Å². The quantitative estimate of drug-likeness (QED) is 0.205. The highest BCUT2D eigenvalue weighted by atomic mass is 19.4. The van der Waals surface area contributed by atoms with E-state index in [0.29, 0.717) is 34.9 Å². The van der Waals surface area contributed by atoms with Crippen LogP contribution in [0.5, 0.6) is 23.0 Å². The summed E-state index contributed by atoms with van der Waals surface area (Å²) in [5, 5.41) is 28.5. The molecule has 3 aromatic carbocycles. The SMILES string of the molecule is COc1ccc(OCCC(=O)N(CC(=O)c2ccc(OC)cc2)[C@H](CN2CCCC2)[C@H](O)c2ccc(O)cc2)cc1.O=C(O)C(F)(F)F. The average Bonchev–Trinajstić information content (AvgIpc) is 3.60. The fourth-order valence-electron chi connectivity index (χ4n) is 4.98. The van der Waals surface area contributed by atoms with Gasteiger partial charge in [0.2, 0.25) is 5.91 Å². The van der Waals surface area contributed by atoms with Crippen molar-refractivity contribution in [2.24, 2.45) is 0 Å². The van der Waals surface area contributed by atoms with Crippen LogP contribution in [0.4, 0.5) is 13.2 Å². The summed E-state index contributed by atoms with van der Waals surface area (Å²) in [6, 6.07) is 19.4. The summed E-state index contributed by atoms with van der Waals surface area (Å²) in [6.45, 7) is 2.01. The number of ether oxygens (including phenoxy) is 3. The number of aromatic hydroxyl groups is 1. The molecule has 2 atom stereocenters. The number of ketones is 1. The van der Waals surface area contributed by atoms with Gasteiger partial charge in [0.25, 0.3) is 0 Å². The van der Waals surface area contributed by atoms with Crippen LogP contribution < -0.4 is 14.2 Å². The van der Waals surface area contributed by atoms with E-state index in [4.69, 9.17) is 24.1 Å². The summed E-state index contributed by atoms with van der Waals surface area (Å²) in [5.41, 5.74) is 0.994. The lowest BCUT2D eigenvalue weighted by Gasteiger charge is -2.37. The molecule has 0 aliphatic carbocycles. The number of phenolic OH excluding ortho intramolecular Hbond substituents is 1. The highest BCUT2D eigenvalue weighted by Crippen LogP contribution is 2.27. The van der Waals surface area contributed by atoms with Gasteiger partial charge >= 0.3 is 12.1 Å². The van der Waals surface area contributed by atoms with Gasteiger partial charge in [0.05, 0.1) is 39.8 Å². The van der Waals surface area contributed by atoms with Gasteiger partial charge in [0.15, 0.2) is 5.78 Å². The number of carbonyl (C=O) groups is 3. The number of likely N-dealkylation sites (tertiary alicyclic amines) is 1. The maximum absolute atomic E-state index is 13.8. The van der Waals surface area contributed by atoms with Gasteiger partial charge in [0.1, 0.15) is 29.1 Å². The number of carbonyl (C=O) groups excluding carboxylic acids is 2. The zero-order valence-electron chi connectivity index (χ0n) is 26.6. The molecule has 0 spiro atoms. The van der Waals surface area contributed by atoms with Crippen molar-refractivity contribution in [3.63, 3.8) is 0 Å². The molecule has 0 bridgehead atoms. The summed E-state index contributed by atoms with van der Waals surface area (Å²) in [4.78, 5) is 39.8. The fraction of sp³-hybridized carbons (Fsp3) is 0.382. The smallest absolute Gasteiger partial charge is 0.490 e. The fourth-order valence-corrected chi connectivity index (χ4v) is 4.98. The van der Waals surface area contributed by atoms with Crippen molar-refractivity contribution >= 4 is 17.7 Å². The third-order valence-corrected chi connectivity index (χ3v) is 7.58. The number of halogens is 3. The molecule has 14 heteroatoms. The largest absolute Gasteiger partial charge is 0.508 e. The van der Waals surface area contributed by atoms with Crippen molar-refractivity contribution < 1.29 is 57.1 Å². The Balaban J connectivity index is 0.000000804. The first-order chi connectivity index (χ1) is 22.8. The normalized spacial score (nSPS) is 14.2. The number of nitrogens with zero attached hydrogens (tertiary/aromatic N) is 2. The summed E-state index contributed by atoms with van der Waals surface area (Å²) < 4.78 is 47.9. The molecule has 48 heavy (non-hydrogen) atoms. The van der Waals surface area contributed by atoms with Gasteiger partial charge in [-0.2, -0.15) is 13.2 Å². The van der Waals surface area contributed by atoms with Crippen LogP contribution in [-0.2, 0) is 9.59 Å². The lowest BCUT2D eigenvalue weighted by Crippen LogP contribution is -2.51. The molecule has 1 amide bonds. The highest BCUT2D eigenvalue weighted by molar-refractivity contribution is 5.99. The number of benzene rings is 3. The molecule has 3 aromatic rings. The molecule has 1 heterocycles. The van der Waals surface area contributed by atoms with Crippen molar-refractivity contribution in [2.45, 2.75) is 37.6 Å². The van der Waals surface area contributed by atoms with Crippen molar-refractivity contribution in [2.75, 3.05) is 47.0 Å². The third kappa shape index (κ3) is 11.5. The number of amides is 1. The molecule has 0 saturated carbocycles. The Hall–Kier alpha value is -4.82. The predicted molar refractivity (Wildman–Crippen MR) is 168 cm³/mol. The molecule has 0 aromatic heterocycles. The Morgan fingerprint density at radius 1 is 0.854 bits per heavy atom. The molecule has 1 saturated heterocycles. The van der Waals surface area contributed by atoms with E-state index in [-0.39, 0.29) is 37.0 Å². The third-order valence-electron chi connectivity index (χ3n) is 7.58. The van der Waals surface area contributed by atoms with Crippen LogP contribution >= 0.6 is 0 Å². The number of aliphatic carboxylic acids is 1. The number of phenols is 1. The maximum Gasteiger partial charge on any atom is 0.490 e. The summed E-state index contributed by atoms with van der Waals surface area (Å²) in [5.74, 6) is -1.31. The minimum atomic E-state index is -5.08. The number of carboxylic acid groups (broad SMARTS) is 1. The van der Waals surface area contributed by atoms with Crippen molar-refractivity contribution in [1.29, 1.82) is 0 Å². The highest BCUT2D eigenvalue weighted by Gasteiger charge is 2.38. The van der Waals surface area contributed by atoms with Gasteiger partial charge in [-0.3, -0.25) is 9.59 Å². The van der Waals surface area contributed by atoms with Crippen LogP contribution in [0, 0.1) is 0 Å². The first-order valence-electron chi connectivity index (χ1n) is 15.1. The molecule has 0 unspecified atom stereocenters. The number of aliphatic hydroxyl groups excluding tert-OH is 1. The summed E-state index contributed by atoms with van der Waals surface area (Å²) in [7, 11) is 3.14. The van der Waals surface area contributed by atoms with Crippen LogP contribution in [0.1, 0.15) is 41.3 Å². The Kier molecular flexibility index (Phi) is 14.1. The van der Waals surface area contributed by atoms with Crippen molar-refractivity contribution in [3.05, 3.63) is 83.9 Å². The van der Waals surface area contributed by atoms with E-state index in [2.05, 4.69) is 4.90 Å². The molecular weight excluding hydrogens is 637 g/mol. The van der Waals surface area contributed by atoms with Crippen LogP contribution in [0.15, 0.2) is 72.8 Å². The second kappa shape index (κ2) is 17.9. The first kappa shape index (κ1) is 37.6. The van der Waals surface area contributed by atoms with Crippen LogP contribution in [0.2, 0.25) is 0 Å². The Bertz CT molecular complexity index is 1460. The van der Waals surface area contributed by atoms with Gasteiger partial charge < -0.3 is 39.3 Å². The number of Topliss-reactive ketones (excluding diaryl/α,β-unsaturated/α-hetero) is 1. The van der Waals surface area contributed by atoms with Crippen LogP contribution in [0.3, 0.4) is 0 Å². The standard InChI is InChI=1S/C32H38N2O7.C2HF3O2/c1-39-26-11-7-23(8-12-26)30(36)22-34(31(37)17-20-41-28-15-13-27(40-2)14-16-28)29(21-33-18-3-4-19-33)32(38)24-5-9-25(35)10-6-24;3-2(4,5)1(6)7/h5-16,29,32,35,38H,3-4,17-22H2,1-2H3;(H,6,7)/t29-,32-;/m1./s1. The van der Waals surface area contributed by atoms with E-state index >= 15 is 0 Å². The Morgan fingerprint density at radius 3 is 1.85 bits per heavy atom. The van der Waals surface area contributed by atoms with E-state index in [1.807, 2.05) is 0 Å². The second-order valence-corrected chi connectivity index (χ2v) is 10.9. The molecule has 4 rings (SSSR count).